The molecule has 0 saturated heterocycles. The predicted molar refractivity (Wildman–Crippen MR) is 93.3 cm³/mol. The highest BCUT2D eigenvalue weighted by atomic mass is 16.4. The molecule has 124 valence electrons. The fourth-order valence-corrected chi connectivity index (χ4v) is 2.41. The van der Waals surface area contributed by atoms with Crippen molar-refractivity contribution in [3.05, 3.63) is 64.1 Å². The second kappa shape index (κ2) is 6.84. The Morgan fingerprint density at radius 2 is 2.16 bits per heavy atom. The highest BCUT2D eigenvalue weighted by molar-refractivity contribution is 5.95. The van der Waals surface area contributed by atoms with Gasteiger partial charge in [0.1, 0.15) is 17.5 Å². The van der Waals surface area contributed by atoms with Crippen LogP contribution in [0, 0.1) is 18.3 Å². The Hall–Kier alpha value is -3.66. The smallest absolute Gasteiger partial charge is 0.336 e. The van der Waals surface area contributed by atoms with Crippen LogP contribution in [0.25, 0.3) is 11.0 Å². The van der Waals surface area contributed by atoms with Crippen LogP contribution < -0.4 is 16.3 Å². The zero-order valence-corrected chi connectivity index (χ0v) is 13.4. The number of hydrogen-bond acceptors (Lipinski definition) is 6. The highest BCUT2D eigenvalue weighted by Crippen LogP contribution is 2.20. The van der Waals surface area contributed by atoms with Gasteiger partial charge in [-0.3, -0.25) is 4.79 Å². The van der Waals surface area contributed by atoms with Gasteiger partial charge < -0.3 is 15.1 Å². The summed E-state index contributed by atoms with van der Waals surface area (Å²) >= 11 is 0. The predicted octanol–water partition coefficient (Wildman–Crippen LogP) is 2.42. The molecular weight excluding hydrogens is 320 g/mol. The summed E-state index contributed by atoms with van der Waals surface area (Å²) in [6, 6.07) is 11.8. The van der Waals surface area contributed by atoms with Crippen molar-refractivity contribution in [2.24, 2.45) is 0 Å². The summed E-state index contributed by atoms with van der Waals surface area (Å²) < 4.78 is 5.16. The average Bonchev–Trinajstić information content (AvgIpc) is 2.59. The number of carbonyl (C=O) groups excluding carboxylic acids is 1. The number of hydrogen-bond donors (Lipinski definition) is 2. The summed E-state index contributed by atoms with van der Waals surface area (Å²) in [6.07, 6.45) is 1.54. The highest BCUT2D eigenvalue weighted by Gasteiger charge is 2.08. The van der Waals surface area contributed by atoms with Crippen LogP contribution in [0.3, 0.4) is 0 Å². The molecule has 3 aromatic rings. The topological polar surface area (TPSA) is 108 Å². The molecule has 0 aliphatic rings. The summed E-state index contributed by atoms with van der Waals surface area (Å²) in [5, 5.41) is 15.3. The molecule has 7 nitrogen and oxygen atoms in total. The van der Waals surface area contributed by atoms with Crippen molar-refractivity contribution in [1.29, 1.82) is 5.26 Å². The minimum Gasteiger partial charge on any atom is -0.423 e. The summed E-state index contributed by atoms with van der Waals surface area (Å²) in [4.78, 5) is 27.6. The molecule has 2 aromatic heterocycles. The first-order valence-corrected chi connectivity index (χ1v) is 7.50. The van der Waals surface area contributed by atoms with E-state index >= 15 is 0 Å². The third kappa shape index (κ3) is 3.64. The molecular formula is C18H14N4O3. The number of benzene rings is 1. The first-order valence-electron chi connectivity index (χ1n) is 7.50. The van der Waals surface area contributed by atoms with E-state index in [2.05, 4.69) is 15.6 Å². The molecule has 2 heterocycles. The number of nitrogens with zero attached hydrogens (tertiary/aromatic N) is 2. The number of nitrogens with one attached hydrogen (secondary N) is 2. The van der Waals surface area contributed by atoms with Gasteiger partial charge in [0.15, 0.2) is 0 Å². The van der Waals surface area contributed by atoms with Crippen molar-refractivity contribution in [3.8, 4) is 6.07 Å². The van der Waals surface area contributed by atoms with E-state index in [0.717, 1.165) is 10.9 Å². The van der Waals surface area contributed by atoms with Crippen LogP contribution in [0.2, 0.25) is 0 Å². The first-order chi connectivity index (χ1) is 12.1. The molecule has 0 spiro atoms. The lowest BCUT2D eigenvalue weighted by Crippen LogP contribution is -2.22. The summed E-state index contributed by atoms with van der Waals surface area (Å²) in [5.74, 6) is 0.0316. The molecule has 0 fully saturated rings. The van der Waals surface area contributed by atoms with Crippen molar-refractivity contribution in [2.75, 3.05) is 17.2 Å². The van der Waals surface area contributed by atoms with E-state index in [9.17, 15) is 9.59 Å². The number of pyridine rings is 1. The van der Waals surface area contributed by atoms with E-state index < -0.39 is 5.63 Å². The second-order valence-corrected chi connectivity index (χ2v) is 5.37. The molecule has 0 unspecified atom stereocenters. The van der Waals surface area contributed by atoms with Crippen LogP contribution in [0.1, 0.15) is 11.1 Å². The molecule has 0 atom stereocenters. The first kappa shape index (κ1) is 16.2. The van der Waals surface area contributed by atoms with Crippen LogP contribution in [-0.2, 0) is 4.79 Å². The summed E-state index contributed by atoms with van der Waals surface area (Å²) in [6.45, 7) is 1.77. The molecule has 0 aliphatic heterocycles. The minimum atomic E-state index is -0.436. The SMILES string of the molecule is Cc1cc(=O)oc2cc(NC(=O)CNc3ncccc3C#N)ccc12. The van der Waals surface area contributed by atoms with Crippen LogP contribution >= 0.6 is 0 Å². The maximum atomic E-state index is 12.1. The molecule has 1 aromatic carbocycles. The number of rotatable bonds is 4. The Labute approximate surface area is 142 Å². The fraction of sp³-hybridized carbons (Fsp3) is 0.111. The lowest BCUT2D eigenvalue weighted by atomic mass is 10.1. The van der Waals surface area contributed by atoms with Crippen LogP contribution in [-0.4, -0.2) is 17.4 Å². The standard InChI is InChI=1S/C18H14N4O3/c1-11-7-17(24)25-15-8-13(4-5-14(11)15)22-16(23)10-21-18-12(9-19)3-2-6-20-18/h2-8H,10H2,1H3,(H,20,21)(H,22,23). The molecule has 25 heavy (non-hydrogen) atoms. The number of amides is 1. The van der Waals surface area contributed by atoms with E-state index in [-0.39, 0.29) is 12.5 Å². The van der Waals surface area contributed by atoms with Crippen molar-refractivity contribution in [3.63, 3.8) is 0 Å². The Morgan fingerprint density at radius 1 is 1.32 bits per heavy atom. The third-order valence-corrected chi connectivity index (χ3v) is 3.58. The number of fused-ring (bicyclic) bond motifs is 1. The van der Waals surface area contributed by atoms with Crippen LogP contribution in [0.15, 0.2) is 51.8 Å². The number of carbonyl (C=O) groups is 1. The summed E-state index contributed by atoms with van der Waals surface area (Å²) in [7, 11) is 0. The van der Waals surface area contributed by atoms with E-state index in [1.54, 1.807) is 30.3 Å². The van der Waals surface area contributed by atoms with Crippen molar-refractivity contribution in [1.82, 2.24) is 4.98 Å². The lowest BCUT2D eigenvalue weighted by Gasteiger charge is -2.09. The van der Waals surface area contributed by atoms with Gasteiger partial charge in [0.2, 0.25) is 5.91 Å². The van der Waals surface area contributed by atoms with Crippen LogP contribution in [0.4, 0.5) is 11.5 Å². The molecule has 0 radical (unpaired) electrons. The normalized spacial score (nSPS) is 10.2. The Bertz CT molecular complexity index is 1050. The van der Waals surface area contributed by atoms with Crippen molar-refractivity contribution >= 4 is 28.4 Å². The van der Waals surface area contributed by atoms with E-state index in [1.165, 1.54) is 12.3 Å². The average molecular weight is 334 g/mol. The van der Waals surface area contributed by atoms with E-state index in [1.807, 2.05) is 13.0 Å². The molecule has 7 heteroatoms. The van der Waals surface area contributed by atoms with E-state index in [4.69, 9.17) is 9.68 Å². The largest absolute Gasteiger partial charge is 0.423 e. The Balaban J connectivity index is 1.72. The maximum absolute atomic E-state index is 12.1. The minimum absolute atomic E-state index is 0.0541. The monoisotopic (exact) mass is 334 g/mol. The quantitative estimate of drug-likeness (QED) is 0.709. The molecule has 0 aliphatic carbocycles. The van der Waals surface area contributed by atoms with Crippen molar-refractivity contribution in [2.45, 2.75) is 6.92 Å². The molecule has 0 bridgehead atoms. The number of anilines is 2. The van der Waals surface area contributed by atoms with Gasteiger partial charge in [0, 0.05) is 29.4 Å². The Morgan fingerprint density at radius 3 is 2.96 bits per heavy atom. The van der Waals surface area contributed by atoms with Gasteiger partial charge in [-0.05, 0) is 36.8 Å². The molecule has 0 saturated carbocycles. The van der Waals surface area contributed by atoms with Gasteiger partial charge in [0.05, 0.1) is 12.1 Å². The fourth-order valence-electron chi connectivity index (χ4n) is 2.41. The zero-order valence-electron chi connectivity index (χ0n) is 13.4. The van der Waals surface area contributed by atoms with Gasteiger partial charge in [-0.15, -0.1) is 0 Å². The summed E-state index contributed by atoms with van der Waals surface area (Å²) in [5.41, 5.74) is 1.65. The number of aromatic nitrogens is 1. The van der Waals surface area contributed by atoms with Gasteiger partial charge in [0.25, 0.3) is 0 Å². The number of nitriles is 1. The Kier molecular flexibility index (Phi) is 4.44. The third-order valence-electron chi connectivity index (χ3n) is 3.58. The van der Waals surface area contributed by atoms with Gasteiger partial charge in [-0.2, -0.15) is 5.26 Å². The van der Waals surface area contributed by atoms with Gasteiger partial charge in [-0.1, -0.05) is 0 Å². The van der Waals surface area contributed by atoms with Gasteiger partial charge in [-0.25, -0.2) is 9.78 Å². The second-order valence-electron chi connectivity index (χ2n) is 5.37. The molecule has 1 amide bonds. The zero-order chi connectivity index (χ0) is 17.8. The lowest BCUT2D eigenvalue weighted by molar-refractivity contribution is -0.114. The maximum Gasteiger partial charge on any atom is 0.336 e. The van der Waals surface area contributed by atoms with Crippen LogP contribution in [0.5, 0.6) is 0 Å². The molecule has 2 N–H and O–H groups in total. The van der Waals surface area contributed by atoms with Gasteiger partial charge >= 0.3 is 5.63 Å². The van der Waals surface area contributed by atoms with E-state index in [0.29, 0.717) is 22.7 Å². The molecule has 3 rings (SSSR count). The van der Waals surface area contributed by atoms with Crippen molar-refractivity contribution < 1.29 is 9.21 Å². The number of aryl methyl sites for hydroxylation is 1.